The molecule has 1 fully saturated rings. The quantitative estimate of drug-likeness (QED) is 0.891. The minimum atomic E-state index is 0.0380. The van der Waals surface area contributed by atoms with Gasteiger partial charge in [-0.1, -0.05) is 24.3 Å². The summed E-state index contributed by atoms with van der Waals surface area (Å²) in [6.07, 6.45) is 2.40. The van der Waals surface area contributed by atoms with Gasteiger partial charge in [0.15, 0.2) is 0 Å². The Morgan fingerprint density at radius 3 is 2.55 bits per heavy atom. The second-order valence-corrected chi connectivity index (χ2v) is 6.64. The predicted octanol–water partition coefficient (Wildman–Crippen LogP) is 2.52. The number of para-hydroxylation sites is 1. The standard InChI is InChI=1S/C17H25N3/c1-17(2)12-14(13-20-10-8-19(3)9-11-20)15-6-4-5-7-16(15)18-17/h4-7,12,18H,8-11,13H2,1-3H3. The molecule has 2 aliphatic rings. The Bertz CT molecular complexity index is 511. The fourth-order valence-electron chi connectivity index (χ4n) is 3.15. The molecule has 108 valence electrons. The molecule has 0 spiro atoms. The second kappa shape index (κ2) is 5.23. The van der Waals surface area contributed by atoms with E-state index in [0.717, 1.165) is 6.54 Å². The van der Waals surface area contributed by atoms with Crippen molar-refractivity contribution >= 4 is 11.3 Å². The van der Waals surface area contributed by atoms with Gasteiger partial charge in [0.05, 0.1) is 5.54 Å². The van der Waals surface area contributed by atoms with Crippen LogP contribution < -0.4 is 5.32 Å². The highest BCUT2D eigenvalue weighted by atomic mass is 15.2. The van der Waals surface area contributed by atoms with Crippen molar-refractivity contribution in [1.82, 2.24) is 9.80 Å². The zero-order valence-electron chi connectivity index (χ0n) is 12.8. The van der Waals surface area contributed by atoms with Gasteiger partial charge >= 0.3 is 0 Å². The molecular formula is C17H25N3. The van der Waals surface area contributed by atoms with E-state index in [0.29, 0.717) is 0 Å². The van der Waals surface area contributed by atoms with E-state index in [1.165, 1.54) is 43.0 Å². The molecule has 1 N–H and O–H groups in total. The number of rotatable bonds is 2. The van der Waals surface area contributed by atoms with Gasteiger partial charge in [0.2, 0.25) is 0 Å². The van der Waals surface area contributed by atoms with Crippen LogP contribution in [-0.4, -0.2) is 55.1 Å². The molecule has 20 heavy (non-hydrogen) atoms. The Morgan fingerprint density at radius 1 is 1.10 bits per heavy atom. The molecule has 2 aliphatic heterocycles. The fraction of sp³-hybridized carbons (Fsp3) is 0.529. The maximum absolute atomic E-state index is 3.61. The Morgan fingerprint density at radius 2 is 1.80 bits per heavy atom. The van der Waals surface area contributed by atoms with Crippen LogP contribution in [0, 0.1) is 0 Å². The van der Waals surface area contributed by atoms with Gasteiger partial charge in [0, 0.05) is 44.0 Å². The largest absolute Gasteiger partial charge is 0.376 e. The van der Waals surface area contributed by atoms with Crippen LogP contribution in [0.1, 0.15) is 19.4 Å². The molecule has 0 atom stereocenters. The van der Waals surface area contributed by atoms with Crippen LogP contribution in [0.2, 0.25) is 0 Å². The highest BCUT2D eigenvalue weighted by Gasteiger charge is 2.25. The van der Waals surface area contributed by atoms with E-state index in [4.69, 9.17) is 0 Å². The third-order valence-corrected chi connectivity index (χ3v) is 4.25. The van der Waals surface area contributed by atoms with Crippen molar-refractivity contribution in [3.63, 3.8) is 0 Å². The van der Waals surface area contributed by atoms with Crippen LogP contribution in [-0.2, 0) is 0 Å². The summed E-state index contributed by atoms with van der Waals surface area (Å²) in [5.41, 5.74) is 4.14. The molecular weight excluding hydrogens is 246 g/mol. The zero-order valence-corrected chi connectivity index (χ0v) is 12.8. The van der Waals surface area contributed by atoms with Gasteiger partial charge in [0.25, 0.3) is 0 Å². The van der Waals surface area contributed by atoms with Gasteiger partial charge in [-0.05, 0) is 32.5 Å². The molecule has 3 nitrogen and oxygen atoms in total. The average molecular weight is 271 g/mol. The molecule has 0 unspecified atom stereocenters. The third kappa shape index (κ3) is 2.89. The van der Waals surface area contributed by atoms with Crippen LogP contribution in [0.15, 0.2) is 30.3 Å². The number of fused-ring (bicyclic) bond motifs is 1. The molecule has 3 rings (SSSR count). The first-order valence-electron chi connectivity index (χ1n) is 7.54. The summed E-state index contributed by atoms with van der Waals surface area (Å²) in [6, 6.07) is 8.67. The van der Waals surface area contributed by atoms with E-state index in [1.807, 2.05) is 0 Å². The molecule has 0 aromatic heterocycles. The highest BCUT2D eigenvalue weighted by molar-refractivity contribution is 5.81. The zero-order chi connectivity index (χ0) is 14.2. The lowest BCUT2D eigenvalue weighted by Crippen LogP contribution is -2.45. The topological polar surface area (TPSA) is 18.5 Å². The van der Waals surface area contributed by atoms with Gasteiger partial charge in [0.1, 0.15) is 0 Å². The number of piperazine rings is 1. The van der Waals surface area contributed by atoms with E-state index in [9.17, 15) is 0 Å². The van der Waals surface area contributed by atoms with Crippen LogP contribution in [0.4, 0.5) is 5.69 Å². The SMILES string of the molecule is CN1CCN(CC2=CC(C)(C)Nc3ccccc32)CC1. The average Bonchev–Trinajstić information content (AvgIpc) is 2.40. The predicted molar refractivity (Wildman–Crippen MR) is 86.1 cm³/mol. The molecule has 0 radical (unpaired) electrons. The fourth-order valence-corrected chi connectivity index (χ4v) is 3.15. The van der Waals surface area contributed by atoms with Gasteiger partial charge in [-0.2, -0.15) is 0 Å². The normalized spacial score (nSPS) is 22.9. The maximum atomic E-state index is 3.61. The van der Waals surface area contributed by atoms with Crippen molar-refractivity contribution in [2.45, 2.75) is 19.4 Å². The maximum Gasteiger partial charge on any atom is 0.0506 e. The number of benzene rings is 1. The molecule has 1 aromatic carbocycles. The third-order valence-electron chi connectivity index (χ3n) is 4.25. The number of likely N-dealkylation sites (N-methyl/N-ethyl adjacent to an activating group) is 1. The van der Waals surface area contributed by atoms with Crippen molar-refractivity contribution in [2.75, 3.05) is 45.1 Å². The Labute approximate surface area is 122 Å². The Kier molecular flexibility index (Phi) is 3.57. The van der Waals surface area contributed by atoms with Gasteiger partial charge in [-0.25, -0.2) is 0 Å². The first kappa shape index (κ1) is 13.7. The van der Waals surface area contributed by atoms with Crippen LogP contribution in [0.5, 0.6) is 0 Å². The van der Waals surface area contributed by atoms with Crippen molar-refractivity contribution in [3.8, 4) is 0 Å². The molecule has 1 saturated heterocycles. The van der Waals surface area contributed by atoms with Gasteiger partial charge < -0.3 is 10.2 Å². The first-order chi connectivity index (χ1) is 9.53. The molecule has 0 saturated carbocycles. The summed E-state index contributed by atoms with van der Waals surface area (Å²) in [7, 11) is 2.21. The molecule has 1 aromatic rings. The van der Waals surface area contributed by atoms with Crippen LogP contribution in [0.25, 0.3) is 5.57 Å². The van der Waals surface area contributed by atoms with Gasteiger partial charge in [-0.3, -0.25) is 4.90 Å². The van der Waals surface area contributed by atoms with E-state index < -0.39 is 0 Å². The van der Waals surface area contributed by atoms with E-state index in [1.54, 1.807) is 0 Å². The van der Waals surface area contributed by atoms with Crippen LogP contribution in [0.3, 0.4) is 0 Å². The second-order valence-electron chi connectivity index (χ2n) is 6.64. The summed E-state index contributed by atoms with van der Waals surface area (Å²) >= 11 is 0. The summed E-state index contributed by atoms with van der Waals surface area (Å²) in [5.74, 6) is 0. The number of anilines is 1. The number of nitrogens with zero attached hydrogens (tertiary/aromatic N) is 2. The van der Waals surface area contributed by atoms with Crippen LogP contribution >= 0.6 is 0 Å². The highest BCUT2D eigenvalue weighted by Crippen LogP contribution is 2.33. The minimum absolute atomic E-state index is 0.0380. The molecule has 3 heteroatoms. The minimum Gasteiger partial charge on any atom is -0.376 e. The summed E-state index contributed by atoms with van der Waals surface area (Å²) in [6.45, 7) is 10.2. The lowest BCUT2D eigenvalue weighted by Gasteiger charge is -2.36. The van der Waals surface area contributed by atoms with Crippen molar-refractivity contribution in [3.05, 3.63) is 35.9 Å². The number of hydrogen-bond acceptors (Lipinski definition) is 3. The van der Waals surface area contributed by atoms with Crippen molar-refractivity contribution < 1.29 is 0 Å². The smallest absolute Gasteiger partial charge is 0.0506 e. The van der Waals surface area contributed by atoms with E-state index in [-0.39, 0.29) is 5.54 Å². The van der Waals surface area contributed by atoms with Gasteiger partial charge in [-0.15, -0.1) is 0 Å². The monoisotopic (exact) mass is 271 g/mol. The summed E-state index contributed by atoms with van der Waals surface area (Å²) < 4.78 is 0. The lowest BCUT2D eigenvalue weighted by atomic mass is 9.90. The van der Waals surface area contributed by atoms with Crippen molar-refractivity contribution in [1.29, 1.82) is 0 Å². The molecule has 2 heterocycles. The first-order valence-corrected chi connectivity index (χ1v) is 7.54. The summed E-state index contributed by atoms with van der Waals surface area (Å²) in [5, 5.41) is 3.61. The summed E-state index contributed by atoms with van der Waals surface area (Å²) in [4.78, 5) is 4.98. The van der Waals surface area contributed by atoms with Crippen molar-refractivity contribution in [2.24, 2.45) is 0 Å². The van der Waals surface area contributed by atoms with E-state index in [2.05, 4.69) is 66.4 Å². The van der Waals surface area contributed by atoms with E-state index >= 15 is 0 Å². The Balaban J connectivity index is 1.81. The number of nitrogens with one attached hydrogen (secondary N) is 1. The number of hydrogen-bond donors (Lipinski definition) is 1. The molecule has 0 bridgehead atoms. The lowest BCUT2D eigenvalue weighted by molar-refractivity contribution is 0.168. The Hall–Kier alpha value is -1.32. The molecule has 0 aliphatic carbocycles. The molecule has 0 amide bonds.